The van der Waals surface area contributed by atoms with Crippen molar-refractivity contribution in [2.45, 2.75) is 69.0 Å². The Balaban J connectivity index is 1.27. The summed E-state index contributed by atoms with van der Waals surface area (Å²) in [6.45, 7) is 0.836. The summed E-state index contributed by atoms with van der Waals surface area (Å²) in [5, 5.41) is 33.0. The molecule has 53 heavy (non-hydrogen) atoms. The van der Waals surface area contributed by atoms with Gasteiger partial charge >= 0.3 is 5.97 Å². The van der Waals surface area contributed by atoms with Gasteiger partial charge in [-0.15, -0.1) is 0 Å². The first-order chi connectivity index (χ1) is 25.4. The number of piperazine rings is 1. The number of aliphatic hydroxyl groups is 2. The van der Waals surface area contributed by atoms with Crippen molar-refractivity contribution in [1.29, 1.82) is 0 Å². The Morgan fingerprint density at radius 3 is 2.30 bits per heavy atom. The first-order valence-corrected chi connectivity index (χ1v) is 18.3. The molecule has 1 aliphatic carbocycles. The molecule has 12 nitrogen and oxygen atoms in total. The number of rotatable bonds is 15. The van der Waals surface area contributed by atoms with Crippen molar-refractivity contribution in [1.82, 2.24) is 15.1 Å². The molecule has 4 atom stereocenters. The Hall–Kier alpha value is -4.50. The monoisotopic (exact) mass is 795 g/mol. The second kappa shape index (κ2) is 16.7. The van der Waals surface area contributed by atoms with Crippen molar-refractivity contribution >= 4 is 39.3 Å². The van der Waals surface area contributed by atoms with E-state index in [0.29, 0.717) is 59.7 Å². The number of hydrogen-bond donors (Lipinski definition) is 4. The van der Waals surface area contributed by atoms with Crippen molar-refractivity contribution < 1.29 is 48.3 Å². The van der Waals surface area contributed by atoms with E-state index in [1.54, 1.807) is 26.4 Å². The van der Waals surface area contributed by atoms with Crippen molar-refractivity contribution in [2.24, 2.45) is 0 Å². The Labute approximate surface area is 315 Å². The Kier molecular flexibility index (Phi) is 12.0. The third-order valence-corrected chi connectivity index (χ3v) is 10.5. The van der Waals surface area contributed by atoms with Gasteiger partial charge in [0.1, 0.15) is 23.1 Å². The molecule has 0 unspecified atom stereocenters. The molecular formula is C39H43BrFN3O9. The number of nitrogens with one attached hydrogen (secondary N) is 1. The van der Waals surface area contributed by atoms with Crippen molar-refractivity contribution in [3.05, 3.63) is 93.2 Å². The predicted octanol–water partition coefficient (Wildman–Crippen LogP) is 3.94. The third kappa shape index (κ3) is 9.01. The molecule has 2 aliphatic heterocycles. The van der Waals surface area contributed by atoms with Gasteiger partial charge in [-0.1, -0.05) is 24.3 Å². The number of hydrogen-bond acceptors (Lipinski definition) is 9. The van der Waals surface area contributed by atoms with Crippen LogP contribution in [0, 0.1) is 5.82 Å². The maximum atomic E-state index is 14.8. The quantitative estimate of drug-likeness (QED) is 0.166. The molecule has 0 aromatic heterocycles. The lowest BCUT2D eigenvalue weighted by molar-refractivity contribution is -0.163. The lowest BCUT2D eigenvalue weighted by Gasteiger charge is -2.45. The summed E-state index contributed by atoms with van der Waals surface area (Å²) in [4.78, 5) is 42.6. The first-order valence-electron chi connectivity index (χ1n) is 17.5. The van der Waals surface area contributed by atoms with Gasteiger partial charge in [0, 0.05) is 49.4 Å². The molecule has 2 amide bonds. The van der Waals surface area contributed by atoms with Gasteiger partial charge in [0.15, 0.2) is 12.2 Å². The number of aryl methyl sites for hydroxylation is 1. The Bertz CT molecular complexity index is 1850. The fraction of sp³-hybridized carbons (Fsp3) is 0.410. The summed E-state index contributed by atoms with van der Waals surface area (Å²) in [6.07, 6.45) is -0.938. The number of carboxylic acids is 1. The largest absolute Gasteiger partial charge is 0.497 e. The minimum Gasteiger partial charge on any atom is -0.497 e. The van der Waals surface area contributed by atoms with Crippen molar-refractivity contribution in [3.63, 3.8) is 0 Å². The van der Waals surface area contributed by atoms with Crippen LogP contribution in [0.1, 0.15) is 42.4 Å². The Morgan fingerprint density at radius 2 is 1.66 bits per heavy atom. The maximum absolute atomic E-state index is 14.8. The van der Waals surface area contributed by atoms with Crippen LogP contribution in [0.3, 0.4) is 0 Å². The molecule has 3 aromatic carbocycles. The van der Waals surface area contributed by atoms with Crippen molar-refractivity contribution in [3.8, 4) is 17.2 Å². The van der Waals surface area contributed by atoms with Crippen molar-refractivity contribution in [2.75, 3.05) is 33.9 Å². The van der Waals surface area contributed by atoms with Crippen LogP contribution in [-0.4, -0.2) is 107 Å². The number of aliphatic carboxylic acids is 1. The SMILES string of the molecule is COc1cc(CN(C(=O)C2=C(c3ccc(CCCOc4cc(F)ccc4Br)cc3)C[C@H]3CN(C(=O)[C@@H](O)[C@H](O)C(=O)O)C[C@H]2N3)C2CC2)cc(OC)c1. The van der Waals surface area contributed by atoms with E-state index in [9.17, 15) is 34.1 Å². The average Bonchev–Trinajstić information content (AvgIpc) is 4.01. The van der Waals surface area contributed by atoms with E-state index in [0.717, 1.165) is 35.1 Å². The topological polar surface area (TPSA) is 158 Å². The zero-order chi connectivity index (χ0) is 37.8. The number of amides is 2. The molecule has 2 heterocycles. The van der Waals surface area contributed by atoms with Gasteiger partial charge in [-0.25, -0.2) is 9.18 Å². The van der Waals surface area contributed by atoms with Gasteiger partial charge in [-0.05, 0) is 94.6 Å². The Morgan fingerprint density at radius 1 is 0.962 bits per heavy atom. The van der Waals surface area contributed by atoms with Crippen LogP contribution in [0.2, 0.25) is 0 Å². The highest BCUT2D eigenvalue weighted by atomic mass is 79.9. The number of halogens is 2. The molecule has 1 saturated heterocycles. The summed E-state index contributed by atoms with van der Waals surface area (Å²) in [7, 11) is 3.13. The van der Waals surface area contributed by atoms with E-state index >= 15 is 0 Å². The molecular weight excluding hydrogens is 753 g/mol. The van der Waals surface area contributed by atoms with E-state index in [1.165, 1.54) is 17.0 Å². The number of aliphatic hydroxyl groups excluding tert-OH is 2. The zero-order valence-corrected chi connectivity index (χ0v) is 31.1. The summed E-state index contributed by atoms with van der Waals surface area (Å²) in [6, 6.07) is 16.9. The van der Waals surface area contributed by atoms with Crippen LogP contribution >= 0.6 is 15.9 Å². The van der Waals surface area contributed by atoms with Crippen LogP contribution in [0.4, 0.5) is 4.39 Å². The number of fused-ring (bicyclic) bond motifs is 2. The molecule has 2 bridgehead atoms. The van der Waals surface area contributed by atoms with Gasteiger partial charge in [0.25, 0.3) is 11.8 Å². The summed E-state index contributed by atoms with van der Waals surface area (Å²) < 4.78 is 31.1. The van der Waals surface area contributed by atoms with Crippen LogP contribution in [0.25, 0.3) is 5.57 Å². The van der Waals surface area contributed by atoms with Gasteiger partial charge < -0.3 is 44.6 Å². The zero-order valence-electron chi connectivity index (χ0n) is 29.5. The van der Waals surface area contributed by atoms with E-state index < -0.39 is 30.1 Å². The fourth-order valence-electron chi connectivity index (χ4n) is 6.99. The van der Waals surface area contributed by atoms with Gasteiger partial charge in [0.2, 0.25) is 0 Å². The van der Waals surface area contributed by atoms with Crippen LogP contribution in [0.15, 0.2) is 70.7 Å². The minimum atomic E-state index is -2.28. The van der Waals surface area contributed by atoms with E-state index in [-0.39, 0.29) is 36.9 Å². The molecule has 2 fully saturated rings. The normalized spacial score (nSPS) is 19.3. The summed E-state index contributed by atoms with van der Waals surface area (Å²) in [5.41, 5.74) is 4.10. The molecule has 1 saturated carbocycles. The second-order valence-electron chi connectivity index (χ2n) is 13.6. The number of methoxy groups -OCH3 is 2. The second-order valence-corrected chi connectivity index (χ2v) is 14.4. The molecule has 282 valence electrons. The number of carbonyl (C=O) groups excluding carboxylic acids is 2. The smallest absolute Gasteiger partial charge is 0.335 e. The van der Waals surface area contributed by atoms with Crippen LogP contribution in [0.5, 0.6) is 17.2 Å². The number of carbonyl (C=O) groups is 3. The molecule has 0 spiro atoms. The number of nitrogens with zero attached hydrogens (tertiary/aromatic N) is 2. The van der Waals surface area contributed by atoms with Gasteiger partial charge in [0.05, 0.1) is 31.3 Å². The molecule has 4 N–H and O–H groups in total. The summed E-state index contributed by atoms with van der Waals surface area (Å²) in [5.74, 6) is -1.53. The minimum absolute atomic E-state index is 0.00565. The molecule has 3 aromatic rings. The molecule has 14 heteroatoms. The first kappa shape index (κ1) is 38.2. The molecule has 3 aliphatic rings. The fourth-order valence-corrected chi connectivity index (χ4v) is 7.35. The lowest BCUT2D eigenvalue weighted by Crippen LogP contribution is -2.64. The maximum Gasteiger partial charge on any atom is 0.335 e. The van der Waals surface area contributed by atoms with Crippen LogP contribution < -0.4 is 19.5 Å². The highest BCUT2D eigenvalue weighted by Gasteiger charge is 2.45. The van der Waals surface area contributed by atoms with Gasteiger partial charge in [-0.3, -0.25) is 9.59 Å². The molecule has 0 radical (unpaired) electrons. The van der Waals surface area contributed by atoms with E-state index in [4.69, 9.17) is 14.2 Å². The van der Waals surface area contributed by atoms with Gasteiger partial charge in [-0.2, -0.15) is 0 Å². The number of carboxylic acid groups (broad SMARTS) is 1. The van der Waals surface area contributed by atoms with E-state index in [2.05, 4.69) is 21.2 Å². The highest BCUT2D eigenvalue weighted by molar-refractivity contribution is 9.10. The number of benzene rings is 3. The summed E-state index contributed by atoms with van der Waals surface area (Å²) >= 11 is 3.38. The predicted molar refractivity (Wildman–Crippen MR) is 196 cm³/mol. The highest BCUT2D eigenvalue weighted by Crippen LogP contribution is 2.38. The molecule has 6 rings (SSSR count). The standard InChI is InChI=1S/C39H43BrFN3O9/c1-51-28-14-23(15-29(18-28)52-2)19-44(27-10-11-27)37(47)34-30(17-26-20-43(21-32(34)42-26)38(48)35(45)36(46)39(49)50)24-7-5-22(6-8-24)4-3-13-53-33-16-25(41)9-12-31(33)40/h5-9,12,14-16,18,26-27,32,35-36,42,45-46H,3-4,10-11,13,17,19-21H2,1-2H3,(H,49,50)/t26-,32+,35-,36-/m0/s1. The average molecular weight is 797 g/mol. The van der Waals surface area contributed by atoms with E-state index in [1.807, 2.05) is 41.3 Å². The lowest BCUT2D eigenvalue weighted by atomic mass is 9.82. The number of ether oxygens (including phenoxy) is 3. The third-order valence-electron chi connectivity index (χ3n) is 9.83. The van der Waals surface area contributed by atoms with Crippen LogP contribution in [-0.2, 0) is 27.3 Å².